The third kappa shape index (κ3) is 2.73. The summed E-state index contributed by atoms with van der Waals surface area (Å²) in [5, 5.41) is 11.4. The van der Waals surface area contributed by atoms with Crippen molar-refractivity contribution in [1.29, 1.82) is 0 Å². The molecule has 0 aliphatic rings. The molecule has 0 fully saturated rings. The lowest BCUT2D eigenvalue weighted by Gasteiger charge is -2.04. The number of hydrogen-bond acceptors (Lipinski definition) is 3. The van der Waals surface area contributed by atoms with Crippen LogP contribution in [0.3, 0.4) is 0 Å². The summed E-state index contributed by atoms with van der Waals surface area (Å²) < 4.78 is 26.7. The average Bonchev–Trinajstić information content (AvgIpc) is 2.82. The molecule has 1 aromatic heterocycles. The molecule has 2 nitrogen and oxygen atoms in total. The van der Waals surface area contributed by atoms with Crippen molar-refractivity contribution in [1.82, 2.24) is 4.98 Å². The summed E-state index contributed by atoms with van der Waals surface area (Å²) in [5.41, 5.74) is 0.616. The van der Waals surface area contributed by atoms with Gasteiger partial charge >= 0.3 is 0 Å². The minimum atomic E-state index is -0.483. The fraction of sp³-hybridized carbons (Fsp3) is 0.308. The van der Waals surface area contributed by atoms with Gasteiger partial charge in [-0.15, -0.1) is 11.3 Å². The Morgan fingerprint density at radius 2 is 2.17 bits per heavy atom. The molecule has 2 aromatic rings. The van der Waals surface area contributed by atoms with Crippen LogP contribution in [0.4, 0.5) is 8.78 Å². The Kier molecular flexibility index (Phi) is 4.04. The normalized spacial score (nSPS) is 12.7. The highest BCUT2D eigenvalue weighted by Gasteiger charge is 2.14. The molecule has 1 atom stereocenters. The Bertz CT molecular complexity index is 542. The van der Waals surface area contributed by atoms with Gasteiger partial charge in [-0.3, -0.25) is 0 Å². The number of benzene rings is 1. The Morgan fingerprint density at radius 1 is 1.39 bits per heavy atom. The summed E-state index contributed by atoms with van der Waals surface area (Å²) in [5.74, 6) is -0.849. The highest BCUT2D eigenvalue weighted by Crippen LogP contribution is 2.29. The molecule has 2 rings (SSSR count). The van der Waals surface area contributed by atoms with Crippen LogP contribution in [0.2, 0.25) is 0 Å². The number of nitrogens with zero attached hydrogens (tertiary/aromatic N) is 1. The number of aliphatic hydroxyl groups excluding tert-OH is 1. The number of aromatic nitrogens is 1. The molecule has 5 heteroatoms. The second-order valence-corrected chi connectivity index (χ2v) is 5.00. The lowest BCUT2D eigenvalue weighted by Crippen LogP contribution is -1.96. The second-order valence-electron chi connectivity index (χ2n) is 4.11. The number of hydrogen-bond donors (Lipinski definition) is 1. The first-order valence-corrected chi connectivity index (χ1v) is 6.51. The number of aliphatic hydroxyl groups is 1. The van der Waals surface area contributed by atoms with Crippen LogP contribution in [0.1, 0.15) is 24.3 Å². The zero-order chi connectivity index (χ0) is 13.1. The summed E-state index contributed by atoms with van der Waals surface area (Å²) >= 11 is 1.40. The smallest absolute Gasteiger partial charge is 0.132 e. The predicted molar refractivity (Wildman–Crippen MR) is 67.6 cm³/mol. The third-order valence-electron chi connectivity index (χ3n) is 2.71. The summed E-state index contributed by atoms with van der Waals surface area (Å²) in [6.45, 7) is 2.03. The minimum absolute atomic E-state index is 0.0877. The van der Waals surface area contributed by atoms with E-state index in [0.717, 1.165) is 23.2 Å². The summed E-state index contributed by atoms with van der Waals surface area (Å²) in [4.78, 5) is 4.30. The zero-order valence-corrected chi connectivity index (χ0v) is 10.7. The van der Waals surface area contributed by atoms with Gasteiger partial charge in [-0.05, 0) is 24.6 Å². The Hall–Kier alpha value is -1.33. The van der Waals surface area contributed by atoms with Gasteiger partial charge in [0, 0.05) is 23.5 Å². The molecule has 1 N–H and O–H groups in total. The van der Waals surface area contributed by atoms with Crippen molar-refractivity contribution in [3.63, 3.8) is 0 Å². The van der Waals surface area contributed by atoms with Crippen LogP contribution in [-0.4, -0.2) is 16.7 Å². The van der Waals surface area contributed by atoms with Crippen LogP contribution in [0.5, 0.6) is 0 Å². The Morgan fingerprint density at radius 3 is 2.89 bits per heavy atom. The molecular formula is C13H13F2NOS. The number of halogens is 2. The van der Waals surface area contributed by atoms with Gasteiger partial charge in [0.1, 0.15) is 11.6 Å². The van der Waals surface area contributed by atoms with E-state index in [9.17, 15) is 8.78 Å². The van der Waals surface area contributed by atoms with Crippen molar-refractivity contribution >= 4 is 11.3 Å². The van der Waals surface area contributed by atoms with Crippen LogP contribution in [0, 0.1) is 11.6 Å². The molecule has 96 valence electrons. The number of rotatable bonds is 4. The molecule has 18 heavy (non-hydrogen) atoms. The summed E-state index contributed by atoms with van der Waals surface area (Å²) in [7, 11) is 0. The molecule has 1 heterocycles. The molecule has 0 saturated heterocycles. The molecule has 0 aliphatic heterocycles. The topological polar surface area (TPSA) is 33.1 Å². The lowest BCUT2D eigenvalue weighted by molar-refractivity contribution is 0.278. The highest BCUT2D eigenvalue weighted by atomic mass is 32.1. The van der Waals surface area contributed by atoms with Gasteiger partial charge in [0.2, 0.25) is 0 Å². The number of thiazole rings is 1. The zero-order valence-electron chi connectivity index (χ0n) is 9.86. The molecule has 0 bridgehead atoms. The van der Waals surface area contributed by atoms with Crippen LogP contribution in [0.25, 0.3) is 11.3 Å². The van der Waals surface area contributed by atoms with E-state index in [2.05, 4.69) is 4.98 Å². The maximum Gasteiger partial charge on any atom is 0.132 e. The van der Waals surface area contributed by atoms with Crippen molar-refractivity contribution < 1.29 is 13.9 Å². The molecule has 0 amide bonds. The van der Waals surface area contributed by atoms with Crippen molar-refractivity contribution in [3.05, 3.63) is 40.2 Å². The van der Waals surface area contributed by atoms with Crippen LogP contribution < -0.4 is 0 Å². The van der Waals surface area contributed by atoms with Gasteiger partial charge in [0.05, 0.1) is 10.7 Å². The monoisotopic (exact) mass is 269 g/mol. The van der Waals surface area contributed by atoms with Gasteiger partial charge in [-0.2, -0.15) is 0 Å². The first-order valence-electron chi connectivity index (χ1n) is 5.63. The Labute approximate surface area is 108 Å². The van der Waals surface area contributed by atoms with Gasteiger partial charge in [-0.1, -0.05) is 6.92 Å². The van der Waals surface area contributed by atoms with Crippen molar-refractivity contribution in [2.45, 2.75) is 19.3 Å². The largest absolute Gasteiger partial charge is 0.396 e. The van der Waals surface area contributed by atoms with Crippen LogP contribution in [0.15, 0.2) is 23.6 Å². The van der Waals surface area contributed by atoms with Gasteiger partial charge < -0.3 is 5.11 Å². The Balaban J connectivity index is 2.32. The average molecular weight is 269 g/mol. The fourth-order valence-electron chi connectivity index (χ4n) is 1.65. The van der Waals surface area contributed by atoms with Crippen LogP contribution in [-0.2, 0) is 0 Å². The molecule has 0 spiro atoms. The minimum Gasteiger partial charge on any atom is -0.396 e. The van der Waals surface area contributed by atoms with E-state index >= 15 is 0 Å². The SMILES string of the molecule is CC(CCO)c1nc(-c2cc(F)ccc2F)cs1. The second kappa shape index (κ2) is 5.54. The molecule has 1 aromatic carbocycles. The molecule has 0 saturated carbocycles. The molecular weight excluding hydrogens is 256 g/mol. The van der Waals surface area contributed by atoms with E-state index in [1.165, 1.54) is 11.3 Å². The third-order valence-corrected chi connectivity index (χ3v) is 3.79. The quantitative estimate of drug-likeness (QED) is 0.920. The highest BCUT2D eigenvalue weighted by molar-refractivity contribution is 7.10. The van der Waals surface area contributed by atoms with E-state index in [1.54, 1.807) is 5.38 Å². The first-order chi connectivity index (χ1) is 8.61. The van der Waals surface area contributed by atoms with Crippen molar-refractivity contribution in [2.75, 3.05) is 6.61 Å². The summed E-state index contributed by atoms with van der Waals surface area (Å²) in [6, 6.07) is 3.33. The lowest BCUT2D eigenvalue weighted by atomic mass is 10.1. The summed E-state index contributed by atoms with van der Waals surface area (Å²) in [6.07, 6.45) is 0.610. The van der Waals surface area contributed by atoms with E-state index < -0.39 is 11.6 Å². The fourth-order valence-corrected chi connectivity index (χ4v) is 2.56. The van der Waals surface area contributed by atoms with Gasteiger partial charge in [-0.25, -0.2) is 13.8 Å². The first kappa shape index (κ1) is 13.1. The van der Waals surface area contributed by atoms with Crippen LogP contribution >= 0.6 is 11.3 Å². The maximum atomic E-state index is 13.6. The maximum absolute atomic E-state index is 13.6. The molecule has 0 radical (unpaired) electrons. The van der Waals surface area contributed by atoms with Gasteiger partial charge in [0.15, 0.2) is 0 Å². The van der Waals surface area contributed by atoms with E-state index in [-0.39, 0.29) is 18.1 Å². The standard InChI is InChI=1S/C13H13F2NOS/c1-8(4-5-17)13-16-12(7-18-13)10-6-9(14)2-3-11(10)15/h2-3,6-8,17H,4-5H2,1H3. The van der Waals surface area contributed by atoms with Crippen molar-refractivity contribution in [2.24, 2.45) is 0 Å². The molecule has 1 unspecified atom stereocenters. The van der Waals surface area contributed by atoms with Crippen molar-refractivity contribution in [3.8, 4) is 11.3 Å². The van der Waals surface area contributed by atoms with Gasteiger partial charge in [0.25, 0.3) is 0 Å². The predicted octanol–water partition coefficient (Wildman–Crippen LogP) is 3.57. The van der Waals surface area contributed by atoms with E-state index in [1.807, 2.05) is 6.92 Å². The van der Waals surface area contributed by atoms with E-state index in [4.69, 9.17) is 5.11 Å². The van der Waals surface area contributed by atoms with E-state index in [0.29, 0.717) is 12.1 Å². The molecule has 0 aliphatic carbocycles.